The Labute approximate surface area is 486 Å². The van der Waals surface area contributed by atoms with Gasteiger partial charge >= 0.3 is 0 Å². The minimum Gasteiger partial charge on any atom is -1.00 e. The second kappa shape index (κ2) is 34.8. The van der Waals surface area contributed by atoms with E-state index in [4.69, 9.17) is 10.5 Å². The van der Waals surface area contributed by atoms with Gasteiger partial charge in [-0.15, -0.1) is 0 Å². The van der Waals surface area contributed by atoms with Crippen molar-refractivity contribution in [1.29, 1.82) is 10.5 Å². The number of nitrogens with zero attached hydrogens (tertiary/aromatic N) is 2. The summed E-state index contributed by atoms with van der Waals surface area (Å²) < 4.78 is 97.1. The fourth-order valence-corrected chi connectivity index (χ4v) is 11.7. The molecule has 0 aromatic heterocycles. The van der Waals surface area contributed by atoms with Crippen LogP contribution in [0.1, 0.15) is 47.2 Å². The highest BCUT2D eigenvalue weighted by Gasteiger charge is 2.47. The summed E-state index contributed by atoms with van der Waals surface area (Å²) in [5.74, 6) is 6.89. The van der Waals surface area contributed by atoms with Gasteiger partial charge in [-0.25, -0.2) is 26.3 Å². The molecule has 0 aliphatic carbocycles. The summed E-state index contributed by atoms with van der Waals surface area (Å²) in [5, 5.41) is 20.2. The van der Waals surface area contributed by atoms with Crippen molar-refractivity contribution in [2.45, 2.75) is 13.8 Å². The first-order valence-electron chi connectivity index (χ1n) is 18.3. The summed E-state index contributed by atoms with van der Waals surface area (Å²) in [6.45, 7) is 2.86. The largest absolute Gasteiger partial charge is 1.00 e. The maximum Gasteiger partial charge on any atom is 0.160 e. The molecule has 6 aromatic rings. The van der Waals surface area contributed by atoms with Crippen LogP contribution in [0.2, 0.25) is 0 Å². The zero-order chi connectivity index (χ0) is 49.8. The van der Waals surface area contributed by atoms with E-state index in [-0.39, 0.29) is 17.0 Å². The van der Waals surface area contributed by atoms with Crippen molar-refractivity contribution >= 4 is 164 Å². The second-order valence-corrected chi connectivity index (χ2v) is 18.6. The molecule has 0 N–H and O–H groups in total. The summed E-state index contributed by atoms with van der Waals surface area (Å²) in [7, 11) is -1.91. The first kappa shape index (κ1) is 62.5. The van der Waals surface area contributed by atoms with Crippen LogP contribution in [0.4, 0.5) is 26.3 Å². The maximum absolute atomic E-state index is 13.8. The third-order valence-corrected chi connectivity index (χ3v) is 14.2. The van der Waals surface area contributed by atoms with Crippen LogP contribution >= 0.6 is 143 Å². The number of rotatable bonds is 4. The lowest BCUT2D eigenvalue weighted by Gasteiger charge is -2.27. The predicted octanol–water partition coefficient (Wildman–Crippen LogP) is 11.0. The normalized spacial score (nSPS) is 8.76. The molecule has 0 radical (unpaired) electrons. The molecule has 0 fully saturated rings. The molecule has 0 unspecified atom stereocenters. The molecule has 0 bridgehead atoms. The van der Waals surface area contributed by atoms with Crippen molar-refractivity contribution in [3.8, 4) is 71.2 Å². The smallest absolute Gasteiger partial charge is 0.160 e. The zero-order valence-corrected chi connectivity index (χ0v) is 50.2. The topological polar surface area (TPSA) is 47.6 Å². The Morgan fingerprint density at radius 3 is 0.574 bits per heavy atom. The molecule has 340 valence electrons. The molecule has 0 heterocycles. The highest BCUT2D eigenvalue weighted by molar-refractivity contribution is 14.1. The summed E-state index contributed by atoms with van der Waals surface area (Å²) in [6, 6.07) is 47.3. The highest BCUT2D eigenvalue weighted by Crippen LogP contribution is 2.54. The highest BCUT2D eigenvalue weighted by atomic mass is 127. The molecule has 68 heavy (non-hydrogen) atoms. The quantitative estimate of drug-likeness (QED) is 0.0764. The van der Waals surface area contributed by atoms with Gasteiger partial charge in [-0.3, -0.25) is 0 Å². The molecule has 6 aromatic carbocycles. The molecular weight excluding hydrogens is 1640 g/mol. The van der Waals surface area contributed by atoms with E-state index in [2.05, 4.69) is 180 Å². The molecule has 0 saturated heterocycles. The lowest BCUT2D eigenvalue weighted by molar-refractivity contribution is -0.0000163. The van der Waals surface area contributed by atoms with Gasteiger partial charge in [-0.1, -0.05) is 72.8 Å². The van der Waals surface area contributed by atoms with Gasteiger partial charge < -0.3 is 17.0 Å². The van der Waals surface area contributed by atoms with E-state index in [1.165, 1.54) is 35.1 Å². The molecule has 0 amide bonds. The van der Waals surface area contributed by atoms with Crippen LogP contribution in [0.15, 0.2) is 121 Å². The van der Waals surface area contributed by atoms with Gasteiger partial charge in [0, 0.05) is 149 Å². The number of nitriles is 2. The summed E-state index contributed by atoms with van der Waals surface area (Å²) in [5.41, 5.74) is -3.12. The lowest BCUT2D eigenvalue weighted by atomic mass is 10.0. The van der Waals surface area contributed by atoms with Crippen LogP contribution in [-0.4, -0.2) is 0 Å². The molecule has 0 saturated carbocycles. The average molecular weight is 1670 g/mol. The van der Waals surface area contributed by atoms with Crippen molar-refractivity contribution in [1.82, 2.24) is 0 Å². The summed E-state index contributed by atoms with van der Waals surface area (Å²) in [6.07, 6.45) is 0. The molecule has 16 heteroatoms. The maximum atomic E-state index is 13.8. The first-order valence-corrected chi connectivity index (χ1v) is 26.5. The SMILES string of the molecule is CC#N.CC#N.Fc1c(C#CI)c(F)c(C#CI)c(F)c1C#CI.Fc1c(C#CI)c(F)c(C#CI)c(F)c1C#CI.[Br-].c1ccc([P+](c2ccccc2)(c2ccccc2)c2ccccc2)cc1. The van der Waals surface area contributed by atoms with Gasteiger partial charge in [0.15, 0.2) is 34.9 Å². The number of hydrogen-bond acceptors (Lipinski definition) is 2. The lowest BCUT2D eigenvalue weighted by Crippen LogP contribution is -3.00. The molecule has 0 atom stereocenters. The molecule has 6 rings (SSSR count). The van der Waals surface area contributed by atoms with E-state index in [1.54, 1.807) is 148 Å². The zero-order valence-electron chi connectivity index (χ0n) is 34.8. The van der Waals surface area contributed by atoms with Crippen LogP contribution in [0.5, 0.6) is 0 Å². The Kier molecular flexibility index (Phi) is 32.0. The number of benzene rings is 6. The van der Waals surface area contributed by atoms with Gasteiger partial charge in [0.2, 0.25) is 0 Å². The average Bonchev–Trinajstić information content (AvgIpc) is 3.35. The monoisotopic (exact) mass is 1660 g/mol. The van der Waals surface area contributed by atoms with E-state index in [1.807, 2.05) is 0 Å². The van der Waals surface area contributed by atoms with Gasteiger partial charge in [0.05, 0.1) is 45.5 Å². The third kappa shape index (κ3) is 16.9. The molecular formula is C52H26BrF6I6N2P. The first-order chi connectivity index (χ1) is 32.4. The standard InChI is InChI=1S/C24H20P.2C12F3I3.2C2H3N.BrH/c1-5-13-21(14-6-1)25(22-15-7-2-8-16-22,23-17-9-3-10-18-23)24-19-11-4-12-20-24;2*13-10-7(1-4-16)11(14)9(3-6-18)12(15)8(10)2-5-17;2*1-2-3;/h1-20H;;;2*1H3;1H/q+1;;;;;/p-1. The Balaban J connectivity index is 0.000000487. The fraction of sp³-hybridized carbons (Fsp3) is 0.0385. The van der Waals surface area contributed by atoms with Crippen molar-refractivity contribution in [2.75, 3.05) is 0 Å². The Hall–Kier alpha value is -3.47. The summed E-state index contributed by atoms with van der Waals surface area (Å²) >= 11 is 9.82. The van der Waals surface area contributed by atoms with Crippen LogP contribution < -0.4 is 38.2 Å². The van der Waals surface area contributed by atoms with Crippen LogP contribution in [-0.2, 0) is 0 Å². The third-order valence-electron chi connectivity index (χ3n) is 8.24. The molecule has 0 aliphatic rings. The van der Waals surface area contributed by atoms with Crippen molar-refractivity contribution < 1.29 is 43.3 Å². The molecule has 0 aliphatic heterocycles. The van der Waals surface area contributed by atoms with Crippen molar-refractivity contribution in [3.63, 3.8) is 0 Å². The Morgan fingerprint density at radius 2 is 0.456 bits per heavy atom. The number of halogens is 13. The van der Waals surface area contributed by atoms with E-state index in [0.717, 1.165) is 0 Å². The van der Waals surface area contributed by atoms with Gasteiger partial charge in [0.1, 0.15) is 28.5 Å². The minimum atomic E-state index is -1.91. The van der Waals surface area contributed by atoms with Gasteiger partial charge in [-0.2, -0.15) is 10.5 Å². The van der Waals surface area contributed by atoms with Crippen LogP contribution in [0.25, 0.3) is 0 Å². The summed E-state index contributed by atoms with van der Waals surface area (Å²) in [4.78, 5) is 0. The van der Waals surface area contributed by atoms with Crippen molar-refractivity contribution in [3.05, 3.63) is 190 Å². The molecule has 2 nitrogen and oxygen atoms in total. The molecule has 0 spiro atoms. The predicted molar refractivity (Wildman–Crippen MR) is 312 cm³/mol. The fourth-order valence-electron chi connectivity index (χ4n) is 5.77. The van der Waals surface area contributed by atoms with E-state index in [9.17, 15) is 26.3 Å². The Morgan fingerprint density at radius 1 is 0.324 bits per heavy atom. The van der Waals surface area contributed by atoms with Gasteiger partial charge in [-0.05, 0) is 108 Å². The van der Waals surface area contributed by atoms with E-state index < -0.39 is 75.5 Å². The van der Waals surface area contributed by atoms with Gasteiger partial charge in [0.25, 0.3) is 0 Å². The van der Waals surface area contributed by atoms with Crippen LogP contribution in [0, 0.1) is 117 Å². The minimum absolute atomic E-state index is 0. The van der Waals surface area contributed by atoms with Crippen molar-refractivity contribution in [2.24, 2.45) is 0 Å². The Bertz CT molecular complexity index is 2610. The van der Waals surface area contributed by atoms with Crippen LogP contribution in [0.3, 0.4) is 0 Å². The number of hydrogen-bond donors (Lipinski definition) is 0. The van der Waals surface area contributed by atoms with E-state index in [0.29, 0.717) is 0 Å². The van der Waals surface area contributed by atoms with E-state index >= 15 is 0 Å². The second-order valence-electron chi connectivity index (χ2n) is 11.9.